The van der Waals surface area contributed by atoms with Crippen LogP contribution in [0, 0.1) is 5.92 Å². The number of nitrogens with zero attached hydrogens (tertiary/aromatic N) is 2. The number of pyridine rings is 2. The van der Waals surface area contributed by atoms with E-state index in [1.54, 1.807) is 25.1 Å². The lowest BCUT2D eigenvalue weighted by atomic mass is 9.85. The van der Waals surface area contributed by atoms with Crippen LogP contribution in [0.15, 0.2) is 41.2 Å². The third-order valence-electron chi connectivity index (χ3n) is 26.4. The number of ether oxygens (including phenoxy) is 18. The maximum absolute atomic E-state index is 14.1. The van der Waals surface area contributed by atoms with Crippen LogP contribution in [0.1, 0.15) is 63.1 Å². The van der Waals surface area contributed by atoms with Crippen LogP contribution in [-0.2, 0) is 147 Å². The lowest BCUT2D eigenvalue weighted by Gasteiger charge is -2.50. The number of fused-ring (bicyclic) bond motifs is 5. The maximum Gasteiger partial charge on any atom is 0.355 e. The molecule has 5 amide bonds. The van der Waals surface area contributed by atoms with E-state index in [1.807, 2.05) is 18.2 Å². The number of carbonyl (C=O) groups excluding carboxylic acids is 9. The minimum atomic E-state index is -2.38. The fraction of sp³-hybridized carbons (Fsp3) is 0.742. The molecule has 21 saturated heterocycles. The van der Waals surface area contributed by atoms with E-state index in [4.69, 9.17) is 90.2 Å². The normalized spacial score (nSPS) is 36.6. The summed E-state index contributed by atoms with van der Waals surface area (Å²) >= 11 is 1.66. The summed E-state index contributed by atoms with van der Waals surface area (Å²) < 4.78 is 108. The number of aromatic nitrogens is 2. The molecule has 25 N–H and O–H groups in total. The fourth-order valence-electron chi connectivity index (χ4n) is 18.3. The number of para-hydroxylation sites is 1. The summed E-state index contributed by atoms with van der Waals surface area (Å²) in [5, 5.41) is 238. The van der Waals surface area contributed by atoms with Gasteiger partial charge in [0.25, 0.3) is 5.56 Å². The van der Waals surface area contributed by atoms with Gasteiger partial charge >= 0.3 is 11.9 Å². The van der Waals surface area contributed by atoms with Crippen LogP contribution >= 0.6 is 23.5 Å². The van der Waals surface area contributed by atoms with Gasteiger partial charge in [-0.05, 0) is 45.5 Å². The first-order valence-electron chi connectivity index (χ1n) is 47.5. The second kappa shape index (κ2) is 52.7. The number of hydrogen-bond acceptors (Lipinski definition) is 51. The Morgan fingerprint density at radius 2 is 0.849 bits per heavy atom. The van der Waals surface area contributed by atoms with E-state index in [1.165, 1.54) is 25.5 Å². The monoisotopic (exact) mass is 2120 g/mol. The van der Waals surface area contributed by atoms with Crippen molar-refractivity contribution in [1.82, 2.24) is 41.5 Å². The van der Waals surface area contributed by atoms with Crippen molar-refractivity contribution in [3.63, 3.8) is 0 Å². The molecule has 14 bridgehead atoms. The van der Waals surface area contributed by atoms with Gasteiger partial charge in [0.15, 0.2) is 44.0 Å². The number of carbonyl (C=O) groups is 9. The van der Waals surface area contributed by atoms with Crippen molar-refractivity contribution in [1.29, 1.82) is 0 Å². The highest BCUT2D eigenvalue weighted by Gasteiger charge is 2.61. The summed E-state index contributed by atoms with van der Waals surface area (Å²) in [6.07, 6.45) is -76.1. The first kappa shape index (κ1) is 116. The van der Waals surface area contributed by atoms with Crippen molar-refractivity contribution in [3.05, 3.63) is 63.4 Å². The number of Topliss-reactive ketones (excluding diaryl/α,β-unsaturated/α-hetero) is 2. The van der Waals surface area contributed by atoms with Gasteiger partial charge < -0.3 is 219 Å². The van der Waals surface area contributed by atoms with Gasteiger partial charge in [0, 0.05) is 65.3 Å². The molecule has 21 fully saturated rings. The molecule has 57 heteroatoms. The molecule has 26 rings (SSSR count). The van der Waals surface area contributed by atoms with Crippen molar-refractivity contribution >= 4 is 87.5 Å². The molecule has 55 nitrogen and oxygen atoms in total. The number of likely N-dealkylation sites (N-methyl/N-ethyl adjacent to an activating group) is 2. The zero-order valence-corrected chi connectivity index (χ0v) is 81.1. The van der Waals surface area contributed by atoms with Crippen LogP contribution in [0.25, 0.3) is 22.3 Å². The third-order valence-corrected chi connectivity index (χ3v) is 28.7. The van der Waals surface area contributed by atoms with Gasteiger partial charge in [-0.2, -0.15) is 23.5 Å². The van der Waals surface area contributed by atoms with E-state index in [0.717, 1.165) is 34.5 Å². The van der Waals surface area contributed by atoms with Gasteiger partial charge in [0.1, 0.15) is 183 Å². The zero-order valence-electron chi connectivity index (χ0n) is 79.4. The van der Waals surface area contributed by atoms with Gasteiger partial charge in [-0.3, -0.25) is 43.2 Å². The third kappa shape index (κ3) is 26.7. The predicted molar refractivity (Wildman–Crippen MR) is 486 cm³/mol. The number of nitrogens with one attached hydrogen (secondary N) is 6. The summed E-state index contributed by atoms with van der Waals surface area (Å²) in [7, 11) is 1.34. The number of amides is 5. The average molecular weight is 2130 g/mol. The second-order valence-electron chi connectivity index (χ2n) is 36.2. The van der Waals surface area contributed by atoms with Crippen LogP contribution in [0.2, 0.25) is 0 Å². The number of rotatable bonds is 38. The Labute approximate surface area is 839 Å². The van der Waals surface area contributed by atoms with Gasteiger partial charge in [0.2, 0.25) is 35.1 Å². The van der Waals surface area contributed by atoms with Gasteiger partial charge in [-0.1, -0.05) is 25.1 Å². The van der Waals surface area contributed by atoms with Crippen LogP contribution in [0.3, 0.4) is 0 Å². The molecule has 0 radical (unpaired) electrons. The lowest BCUT2D eigenvalue weighted by Crippen LogP contribution is -2.68. The number of aliphatic hydroxyl groups excluding tert-OH is 19. The van der Waals surface area contributed by atoms with Crippen LogP contribution < -0.4 is 37.5 Å². The molecule has 818 valence electrons. The van der Waals surface area contributed by atoms with Crippen LogP contribution in [0.5, 0.6) is 0 Å². The molecule has 14 unspecified atom stereocenters. The summed E-state index contributed by atoms with van der Waals surface area (Å²) in [6, 6.07) is 9.54. The lowest BCUT2D eigenvalue weighted by molar-refractivity contribution is -0.395. The van der Waals surface area contributed by atoms with Crippen molar-refractivity contribution < 1.29 is 225 Å². The molecule has 23 aliphatic rings. The Morgan fingerprint density at radius 3 is 1.26 bits per heavy atom. The Kier molecular flexibility index (Phi) is 41.7. The summed E-state index contributed by atoms with van der Waals surface area (Å²) in [6.45, 7) is -4.13. The van der Waals surface area contributed by atoms with Crippen molar-refractivity contribution in [3.8, 4) is 11.4 Å². The van der Waals surface area contributed by atoms with E-state index in [0.29, 0.717) is 16.9 Å². The molecule has 25 heterocycles. The smallest absolute Gasteiger partial charge is 0.355 e. The number of thioether (sulfide) groups is 2. The SMILES string of the molecule is CCNC(=O)CNC(=O)[C@@H](CSCC1O[C@@H]2O[C@@H]3C(CO)O[C@@H](O[C@@H]4C(CO)O[C@@H](O[C@H]5C(CSC[C@@H](NC)C(=O)NCC(=O)NCC(=O)NCC(=O)O[C@]6(CC)C(=O)OCc7c6cc6n(c7=O)Cc7cc8ccccc8nc7-6)O[C@@H](O[C@H]6C(CO)O[C@H](O[C@@H]7C(CO)O[C@H](O[C@@H]8C(CO)O[C@H](O[C@H]1[C@H](O)C2O)C(O)[C@H]8O)C(O)[C@H]7O)C(O)[C@H]6O)C(O)[C@H]5O)C(O)[C@H]4O)C(O)[C@H]3O)CC(=O)CCOCCOCCC(C)=O. The van der Waals surface area contributed by atoms with E-state index >= 15 is 0 Å². The van der Waals surface area contributed by atoms with Gasteiger partial charge in [-0.15, -0.1) is 0 Å². The van der Waals surface area contributed by atoms with Gasteiger partial charge in [-0.25, -0.2) is 9.78 Å². The number of esters is 2. The molecule has 2 aromatic heterocycles. The molecule has 0 saturated carbocycles. The molecule has 1 aromatic carbocycles. The molecule has 0 spiro atoms. The molecular weight excluding hydrogens is 2000 g/mol. The Bertz CT molecular complexity index is 4960. The standard InChI is InChI=1S/C89H128N8O47S2/c1-5-89(41-19-44-56-37(17-36-9-7-8-10-42(36)96-56)24-97(44)80(125)40(41)30-129-88(89)126)144-55(108)23-93-53(106)20-92-54(107)22-95-79(124)43(90-4)32-146-34-51-77-63(115)70(122)87(136-51)141-75-49(29-102)132-82(66(118)59(75)111)137-71-45(25-98)130-81(64(116)57(71)109)138-72-46(26-99)133-84(67(119)60(72)112)142-76-50(33-145-31-38(78(123)94-21-52(105)91-6-2)18-39(104)12-14-128-16-15-127-13-11-35(3)103)135-86(69(121)62(76)114)140-74-48(28-101)131-83(65(117)58(74)110)139-73-47(27-100)134-85(143-77)68(120)61(73)113/h7-10,17,19,38,43,45-51,57-77,81-87,90,98-102,109-122H,5-6,11-16,18,20-34H2,1-4H3,(H,91,105)(H,92,107)(H,93,106)(H,94,123)(H,95,124)/t38-,43-,45?,46?,47?,48?,49?,50?,51?,57-,58-,59-,60-,61-,62-,63-,64?,65?,66?,67?,68?,69?,70?,71-,72-,73-,74-,75+,76-,77+,81-,82-,83+,84-,85+,86-,87+,89+/m1/s1. The topological polar surface area (TPSA) is 811 Å². The number of aliphatic hydroxyl groups is 19. The van der Waals surface area contributed by atoms with E-state index < -0.39 is 369 Å². The molecule has 38 atom stereocenters. The van der Waals surface area contributed by atoms with Gasteiger partial charge in [0.05, 0.1) is 132 Å². The van der Waals surface area contributed by atoms with E-state index in [2.05, 4.69) is 31.9 Å². The number of hydrogen-bond donors (Lipinski definition) is 25. The second-order valence-corrected chi connectivity index (χ2v) is 38.4. The summed E-state index contributed by atoms with van der Waals surface area (Å²) in [5.41, 5.74) is -0.253. The zero-order chi connectivity index (χ0) is 106. The number of benzene rings is 1. The molecule has 0 aliphatic carbocycles. The fourth-order valence-corrected chi connectivity index (χ4v) is 20.7. The highest BCUT2D eigenvalue weighted by molar-refractivity contribution is 7.99. The van der Waals surface area contributed by atoms with E-state index in [-0.39, 0.29) is 87.2 Å². The first-order chi connectivity index (χ1) is 69.8. The van der Waals surface area contributed by atoms with Crippen molar-refractivity contribution in [2.45, 2.75) is 286 Å². The minimum Gasteiger partial charge on any atom is -0.457 e. The summed E-state index contributed by atoms with van der Waals surface area (Å²) in [5.74, 6) is -9.67. The average Bonchev–Trinajstić information content (AvgIpc) is 1.49. The largest absolute Gasteiger partial charge is 0.457 e. The maximum atomic E-state index is 14.1. The van der Waals surface area contributed by atoms with E-state index in [9.17, 15) is 145 Å². The number of cyclic esters (lactones) is 1. The molecular formula is C89H128N8O47S2. The van der Waals surface area contributed by atoms with Crippen molar-refractivity contribution in [2.75, 3.05) is 122 Å². The molecule has 3 aromatic rings. The Balaban J connectivity index is 0.700. The predicted octanol–water partition coefficient (Wildman–Crippen LogP) is -13.9. The van der Waals surface area contributed by atoms with Crippen LogP contribution in [-0.4, -0.2) is 503 Å². The van der Waals surface area contributed by atoms with Crippen molar-refractivity contribution in [2.24, 2.45) is 5.92 Å². The number of ketones is 2. The first-order valence-corrected chi connectivity index (χ1v) is 49.8. The van der Waals surface area contributed by atoms with Crippen LogP contribution in [0.4, 0.5) is 0 Å². The Morgan fingerprint density at radius 1 is 0.466 bits per heavy atom. The highest BCUT2D eigenvalue weighted by atomic mass is 32.2. The summed E-state index contributed by atoms with van der Waals surface area (Å²) in [4.78, 5) is 138. The highest BCUT2D eigenvalue weighted by Crippen LogP contribution is 2.44. The molecule has 146 heavy (non-hydrogen) atoms. The Hall–Kier alpha value is -7.53. The quantitative estimate of drug-likeness (QED) is 0.0146. The minimum absolute atomic E-state index is 0.0380. The molecule has 23 aliphatic heterocycles.